The Bertz CT molecular complexity index is 4290. The SMILES string of the molecule is O=C1OC2(CCCCC2)OC(=O)C1=C/C=C/C=C/C=C/C1=C([O-])OC2(CCCCC2)OC1=O.O=C1OC2(CCCCC2)OC(=O)C1=C/C=C/C=C/C=C/C1=C([O-])OC2(CCCCC2)OC1=O.Oc1ccc(-[n+]2ccc(-c3cc[n+](-c4ccc(O)c(-c5ccccc5)c4)cc3)cc2-c2ccccc2)cc1. The molecular weight excluding hydrogens is 1320 g/mol. The van der Waals surface area contributed by atoms with Crippen LogP contribution in [0.2, 0.25) is 0 Å². The second-order valence-corrected chi connectivity index (χ2v) is 26.4. The minimum atomic E-state index is -1.10. The summed E-state index contributed by atoms with van der Waals surface area (Å²) in [5.74, 6) is -9.33. The van der Waals surface area contributed by atoms with Gasteiger partial charge in [0, 0.05) is 85.3 Å². The number of aromatic hydroxyl groups is 2. The molecule has 104 heavy (non-hydrogen) atoms. The molecule has 20 heteroatoms. The maximum atomic E-state index is 12.2. The molecule has 4 saturated carbocycles. The molecule has 8 aliphatic rings. The standard InChI is InChI=1S/C34H24N2O2.2C25H28O8/c37-31-14-11-29(12-15-31)36-22-19-28(23-33(36)27-9-5-2-6-10-27)25-17-20-35(21-18-25)30-13-16-34(38)32(24-30)26-7-3-1-4-8-26;2*26-20-18(21(27)31-24(30-20)14-8-4-9-15-24)12-6-2-1-3-7-13-19-22(28)32-25(33-23(19)29)16-10-5-11-17-25/h1-24H;2*1-3,6-7,12-13,26H,4-5,8-11,14-17H2/b;2*2-1+,7-3+,12-6+. The number of rotatable bonds is 13. The molecule has 534 valence electrons. The van der Waals surface area contributed by atoms with Crippen molar-refractivity contribution in [2.24, 2.45) is 0 Å². The summed E-state index contributed by atoms with van der Waals surface area (Å²) in [5.41, 5.74) is 7.42. The third-order valence-electron chi connectivity index (χ3n) is 19.1. The first-order chi connectivity index (χ1) is 50.5. The van der Waals surface area contributed by atoms with Gasteiger partial charge >= 0.3 is 35.8 Å². The van der Waals surface area contributed by atoms with Crippen molar-refractivity contribution >= 4 is 35.8 Å². The van der Waals surface area contributed by atoms with Gasteiger partial charge in [-0.3, -0.25) is 0 Å². The van der Waals surface area contributed by atoms with Gasteiger partial charge in [0.05, 0.1) is 23.0 Å². The third kappa shape index (κ3) is 17.6. The van der Waals surface area contributed by atoms with Gasteiger partial charge in [-0.05, 0) is 148 Å². The lowest BCUT2D eigenvalue weighted by Gasteiger charge is -2.46. The topological polar surface area (TPSA) is 271 Å². The maximum Gasteiger partial charge on any atom is 0.348 e. The molecule has 0 radical (unpaired) electrons. The Morgan fingerprint density at radius 3 is 1.15 bits per heavy atom. The Morgan fingerprint density at radius 2 is 0.721 bits per heavy atom. The molecule has 0 amide bonds. The van der Waals surface area contributed by atoms with Crippen molar-refractivity contribution in [1.82, 2.24) is 0 Å². The number of nitrogens with zero attached hydrogens (tertiary/aromatic N) is 2. The molecule has 20 nitrogen and oxygen atoms in total. The summed E-state index contributed by atoms with van der Waals surface area (Å²) in [6.07, 6.45) is 42.3. The van der Waals surface area contributed by atoms with Gasteiger partial charge in [0.25, 0.3) is 11.6 Å². The van der Waals surface area contributed by atoms with Crippen LogP contribution in [0, 0.1) is 0 Å². The molecule has 4 aromatic carbocycles. The number of hydrogen-bond donors (Lipinski definition) is 2. The predicted molar refractivity (Wildman–Crippen MR) is 376 cm³/mol. The lowest BCUT2D eigenvalue weighted by atomic mass is 9.93. The molecule has 0 atom stereocenters. The molecule has 2 aromatic heterocycles. The highest BCUT2D eigenvalue weighted by atomic mass is 16.8. The Hall–Kier alpha value is -11.8. The van der Waals surface area contributed by atoms with Crippen LogP contribution in [-0.2, 0) is 66.7 Å². The van der Waals surface area contributed by atoms with Gasteiger partial charge in [0.15, 0.2) is 30.2 Å². The predicted octanol–water partition coefficient (Wildman–Crippen LogP) is 12.9. The minimum Gasteiger partial charge on any atom is -0.574 e. The summed E-state index contributed by atoms with van der Waals surface area (Å²) in [7, 11) is 0. The fourth-order valence-electron chi connectivity index (χ4n) is 13.6. The second-order valence-electron chi connectivity index (χ2n) is 26.4. The zero-order valence-electron chi connectivity index (χ0n) is 57.4. The van der Waals surface area contributed by atoms with Gasteiger partial charge in [-0.1, -0.05) is 135 Å². The first-order valence-electron chi connectivity index (χ1n) is 35.3. The number of ether oxygens (including phenoxy) is 8. The van der Waals surface area contributed by atoms with Gasteiger partial charge in [-0.2, -0.15) is 9.13 Å². The highest BCUT2D eigenvalue weighted by Gasteiger charge is 2.48. The number of phenols is 2. The van der Waals surface area contributed by atoms with Crippen molar-refractivity contribution in [2.45, 2.75) is 152 Å². The number of hydrogen-bond acceptors (Lipinski definition) is 18. The average Bonchev–Trinajstić information content (AvgIpc) is 0.820. The highest BCUT2D eigenvalue weighted by Crippen LogP contribution is 2.42. The molecule has 4 aliphatic heterocycles. The highest BCUT2D eigenvalue weighted by molar-refractivity contribution is 6.16. The second kappa shape index (κ2) is 32.9. The van der Waals surface area contributed by atoms with Crippen LogP contribution < -0.4 is 19.3 Å². The molecular formula is C84H80N2O18. The van der Waals surface area contributed by atoms with E-state index < -0.39 is 70.9 Å². The van der Waals surface area contributed by atoms with Crippen LogP contribution in [0.1, 0.15) is 128 Å². The fraction of sp³-hybridized carbons (Fsp3) is 0.286. The van der Waals surface area contributed by atoms with Crippen molar-refractivity contribution in [3.05, 3.63) is 265 Å². The lowest BCUT2D eigenvalue weighted by Crippen LogP contribution is -2.47. The van der Waals surface area contributed by atoms with Gasteiger partial charge < -0.3 is 58.3 Å². The van der Waals surface area contributed by atoms with Gasteiger partial charge in [-0.25, -0.2) is 28.8 Å². The number of carbonyl (C=O) groups excluding carboxylic acids is 6. The van der Waals surface area contributed by atoms with E-state index in [0.29, 0.717) is 51.4 Å². The first-order valence-corrected chi connectivity index (χ1v) is 35.3. The van der Waals surface area contributed by atoms with Gasteiger partial charge in [0.2, 0.25) is 17.1 Å². The summed E-state index contributed by atoms with van der Waals surface area (Å²) in [6, 6.07) is 41.6. The monoisotopic (exact) mass is 1400 g/mol. The van der Waals surface area contributed by atoms with E-state index in [-0.39, 0.29) is 33.8 Å². The van der Waals surface area contributed by atoms with Crippen molar-refractivity contribution in [2.75, 3.05) is 0 Å². The van der Waals surface area contributed by atoms with E-state index in [4.69, 9.17) is 37.9 Å². The fourth-order valence-corrected chi connectivity index (χ4v) is 13.6. The van der Waals surface area contributed by atoms with E-state index in [1.54, 1.807) is 54.7 Å². The van der Waals surface area contributed by atoms with Crippen molar-refractivity contribution in [1.29, 1.82) is 0 Å². The third-order valence-corrected chi connectivity index (χ3v) is 19.1. The van der Waals surface area contributed by atoms with Crippen LogP contribution >= 0.6 is 0 Å². The van der Waals surface area contributed by atoms with Crippen LogP contribution in [0.15, 0.2) is 265 Å². The summed E-state index contributed by atoms with van der Waals surface area (Å²) >= 11 is 0. The minimum absolute atomic E-state index is 0.161. The van der Waals surface area contributed by atoms with Gasteiger partial charge in [-0.15, -0.1) is 0 Å². The Kier molecular flexibility index (Phi) is 22.8. The molecule has 6 fully saturated rings. The number of allylic oxidation sites excluding steroid dienone is 12. The molecule has 2 N–H and O–H groups in total. The van der Waals surface area contributed by atoms with E-state index >= 15 is 0 Å². The van der Waals surface area contributed by atoms with Crippen molar-refractivity contribution in [3.63, 3.8) is 0 Å². The molecule has 0 unspecified atom stereocenters. The maximum absolute atomic E-state index is 12.2. The van der Waals surface area contributed by atoms with Crippen LogP contribution in [0.3, 0.4) is 0 Å². The summed E-state index contributed by atoms with van der Waals surface area (Å²) in [6.45, 7) is 0. The van der Waals surface area contributed by atoms with Crippen molar-refractivity contribution in [3.8, 4) is 56.4 Å². The number of esters is 6. The molecule has 6 heterocycles. The Morgan fingerprint density at radius 1 is 0.346 bits per heavy atom. The van der Waals surface area contributed by atoms with Crippen LogP contribution in [0.25, 0.3) is 44.9 Å². The molecule has 6 aromatic rings. The Balaban J connectivity index is 0.000000147. The van der Waals surface area contributed by atoms with E-state index in [0.717, 1.165) is 122 Å². The summed E-state index contributed by atoms with van der Waals surface area (Å²) < 4.78 is 47.5. The zero-order valence-corrected chi connectivity index (χ0v) is 57.4. The lowest BCUT2D eigenvalue weighted by molar-refractivity contribution is -0.595. The zero-order chi connectivity index (χ0) is 72.5. The molecule has 4 spiro atoms. The van der Waals surface area contributed by atoms with Gasteiger partial charge in [0.1, 0.15) is 22.6 Å². The van der Waals surface area contributed by atoms with E-state index in [9.17, 15) is 49.2 Å². The van der Waals surface area contributed by atoms with E-state index in [1.165, 1.54) is 48.6 Å². The van der Waals surface area contributed by atoms with Crippen molar-refractivity contribution < 1.29 is 96.2 Å². The normalized spacial score (nSPS) is 19.8. The molecule has 14 rings (SSSR count). The largest absolute Gasteiger partial charge is 0.574 e. The summed E-state index contributed by atoms with van der Waals surface area (Å²) in [4.78, 5) is 73.5. The number of carbonyl (C=O) groups is 6. The van der Waals surface area contributed by atoms with Crippen LogP contribution in [0.5, 0.6) is 11.5 Å². The smallest absolute Gasteiger partial charge is 0.348 e. The number of pyridine rings is 2. The summed E-state index contributed by atoms with van der Waals surface area (Å²) in [5, 5.41) is 44.7. The number of benzene rings is 4. The first kappa shape index (κ1) is 72.0. The average molecular weight is 1410 g/mol. The van der Waals surface area contributed by atoms with Crippen LogP contribution in [-0.4, -0.2) is 69.2 Å². The molecule has 0 bridgehead atoms. The number of aromatic nitrogens is 2. The molecule has 2 saturated heterocycles. The number of phenolic OH excluding ortho intramolecular Hbond substituents is 2. The van der Waals surface area contributed by atoms with E-state index in [1.807, 2.05) is 89.8 Å². The quantitative estimate of drug-likeness (QED) is 0.0272. The van der Waals surface area contributed by atoms with Crippen LogP contribution in [0.4, 0.5) is 0 Å². The van der Waals surface area contributed by atoms with E-state index in [2.05, 4.69) is 47.2 Å². The molecule has 4 aliphatic carbocycles. The Labute approximate surface area is 602 Å².